The molecule has 1 aromatic carbocycles. The summed E-state index contributed by atoms with van der Waals surface area (Å²) in [7, 11) is 0. The molecule has 5 heteroatoms. The van der Waals surface area contributed by atoms with Crippen molar-refractivity contribution in [3.8, 4) is 11.8 Å². The van der Waals surface area contributed by atoms with Crippen molar-refractivity contribution in [2.24, 2.45) is 11.7 Å². The molecule has 0 bridgehead atoms. The van der Waals surface area contributed by atoms with Gasteiger partial charge in [-0.1, -0.05) is 6.42 Å². The Labute approximate surface area is 138 Å². The summed E-state index contributed by atoms with van der Waals surface area (Å²) in [5, 5.41) is 17.0. The minimum absolute atomic E-state index is 0.302. The van der Waals surface area contributed by atoms with Gasteiger partial charge in [0.15, 0.2) is 5.76 Å². The van der Waals surface area contributed by atoms with Crippen molar-refractivity contribution in [2.75, 3.05) is 0 Å². The quantitative estimate of drug-likeness (QED) is 0.460. The van der Waals surface area contributed by atoms with Gasteiger partial charge in [0.05, 0.1) is 17.3 Å². The molecular weight excluding hydrogens is 377 g/mol. The van der Waals surface area contributed by atoms with Crippen LogP contribution in [-0.4, -0.2) is 3.72 Å². The van der Waals surface area contributed by atoms with E-state index in [9.17, 15) is 0 Å². The minimum Gasteiger partial charge on any atom is -0.453 e. The third-order valence-corrected chi connectivity index (χ3v) is 4.33. The number of ether oxygens (including phenoxy) is 1. The van der Waals surface area contributed by atoms with Crippen molar-refractivity contribution in [3.05, 3.63) is 40.3 Å². The van der Waals surface area contributed by atoms with Gasteiger partial charge in [0, 0.05) is 5.92 Å². The van der Waals surface area contributed by atoms with E-state index in [0.717, 1.165) is 24.0 Å². The second-order valence-electron chi connectivity index (χ2n) is 5.37. The van der Waals surface area contributed by atoms with Crippen molar-refractivity contribution < 1.29 is 4.74 Å². The second kappa shape index (κ2) is 6.48. The Morgan fingerprint density at radius 2 is 1.95 bits per heavy atom. The normalized spacial score (nSPS) is 15.7. The lowest BCUT2D eigenvalue weighted by Gasteiger charge is -2.27. The summed E-state index contributed by atoms with van der Waals surface area (Å²) >= 11 is 1.92. The van der Waals surface area contributed by atoms with E-state index in [1.54, 1.807) is 0 Å². The number of nitriles is 1. The van der Waals surface area contributed by atoms with Gasteiger partial charge in [-0.05, 0) is 72.5 Å². The lowest BCUT2D eigenvalue weighted by molar-refractivity contribution is 0.344. The molecule has 1 aromatic rings. The zero-order valence-corrected chi connectivity index (χ0v) is 14.3. The first kappa shape index (κ1) is 15.8. The molecule has 3 N–H and O–H groups in total. The largest absolute Gasteiger partial charge is 0.453 e. The number of nitrogens with one attached hydrogen (secondary N) is 1. The molecule has 1 fully saturated rings. The molecule has 0 unspecified atom stereocenters. The number of benzene rings is 1. The van der Waals surface area contributed by atoms with Gasteiger partial charge in [-0.15, -0.1) is 0 Å². The monoisotopic (exact) mass is 395 g/mol. The Hall–Kier alpha value is -1.55. The minimum atomic E-state index is 0.302. The molecule has 0 amide bonds. The van der Waals surface area contributed by atoms with Crippen LogP contribution in [0.25, 0.3) is 0 Å². The molecule has 4 nitrogen and oxygen atoms in total. The molecule has 110 valence electrons. The van der Waals surface area contributed by atoms with Crippen LogP contribution in [-0.2, 0) is 0 Å². The highest BCUT2D eigenvalue weighted by atomic mass is 127. The van der Waals surface area contributed by atoms with Gasteiger partial charge in [-0.2, -0.15) is 5.26 Å². The van der Waals surface area contributed by atoms with Crippen LogP contribution in [0.15, 0.2) is 23.6 Å². The summed E-state index contributed by atoms with van der Waals surface area (Å²) < 4.78 is 6.17. The first-order chi connectivity index (χ1) is 9.93. The highest BCUT2D eigenvalue weighted by Gasteiger charge is 2.25. The number of allylic oxidation sites excluding steroid dienone is 2. The molecule has 1 aliphatic carbocycles. The first-order valence-electron chi connectivity index (χ1n) is 6.87. The number of hydrogen-bond acceptors (Lipinski definition) is 4. The van der Waals surface area contributed by atoms with Crippen LogP contribution in [0.2, 0.25) is 0 Å². The van der Waals surface area contributed by atoms with E-state index < -0.39 is 0 Å². The SMILES string of the molecule is Cc1cc(OC(C(=N)I)=C(N)C2CCC2)cc(C)c1C#N. The fourth-order valence-electron chi connectivity index (χ4n) is 2.41. The standard InChI is InChI=1S/C16H18IN3O/c1-9-6-12(7-10(2)13(9)8-18)21-15(16(17)20)14(19)11-4-3-5-11/h6-7,11,20H,3-5,19H2,1-2H3. The third kappa shape index (κ3) is 3.38. The molecule has 0 aliphatic heterocycles. The molecular formula is C16H18IN3O. The van der Waals surface area contributed by atoms with Crippen molar-refractivity contribution >= 4 is 26.3 Å². The van der Waals surface area contributed by atoms with Gasteiger partial charge < -0.3 is 10.5 Å². The Morgan fingerprint density at radius 3 is 2.33 bits per heavy atom. The van der Waals surface area contributed by atoms with E-state index >= 15 is 0 Å². The predicted octanol–water partition coefficient (Wildman–Crippen LogP) is 3.94. The Bertz CT molecular complexity index is 631. The Kier molecular flexibility index (Phi) is 4.88. The van der Waals surface area contributed by atoms with Gasteiger partial charge in [-0.3, -0.25) is 5.41 Å². The smallest absolute Gasteiger partial charge is 0.177 e. The molecule has 0 radical (unpaired) electrons. The van der Waals surface area contributed by atoms with Crippen LogP contribution < -0.4 is 10.5 Å². The maximum atomic E-state index is 9.11. The summed E-state index contributed by atoms with van der Waals surface area (Å²) in [6, 6.07) is 5.83. The lowest BCUT2D eigenvalue weighted by atomic mass is 9.82. The van der Waals surface area contributed by atoms with E-state index in [1.165, 1.54) is 6.42 Å². The molecule has 0 heterocycles. The third-order valence-electron chi connectivity index (χ3n) is 3.84. The number of hydrogen-bond donors (Lipinski definition) is 2. The molecule has 1 aliphatic rings. The molecule has 2 rings (SSSR count). The fraction of sp³-hybridized carbons (Fsp3) is 0.375. The summed E-state index contributed by atoms with van der Waals surface area (Å²) in [4.78, 5) is 0. The number of aryl methyl sites for hydroxylation is 2. The molecule has 0 atom stereocenters. The summed E-state index contributed by atoms with van der Waals surface area (Å²) in [5.41, 5.74) is 9.24. The second-order valence-corrected chi connectivity index (χ2v) is 6.45. The predicted molar refractivity (Wildman–Crippen MR) is 91.6 cm³/mol. The molecule has 21 heavy (non-hydrogen) atoms. The lowest BCUT2D eigenvalue weighted by Crippen LogP contribution is -2.24. The van der Waals surface area contributed by atoms with Gasteiger partial charge in [-0.25, -0.2) is 0 Å². The van der Waals surface area contributed by atoms with E-state index in [-0.39, 0.29) is 0 Å². The van der Waals surface area contributed by atoms with Crippen LogP contribution in [0.4, 0.5) is 0 Å². The van der Waals surface area contributed by atoms with Crippen molar-refractivity contribution in [2.45, 2.75) is 33.1 Å². The zero-order valence-electron chi connectivity index (χ0n) is 12.2. The maximum Gasteiger partial charge on any atom is 0.177 e. The van der Waals surface area contributed by atoms with E-state index in [2.05, 4.69) is 6.07 Å². The summed E-state index contributed by atoms with van der Waals surface area (Å²) in [6.45, 7) is 3.76. The van der Waals surface area contributed by atoms with E-state index in [0.29, 0.717) is 32.4 Å². The molecule has 0 saturated heterocycles. The zero-order chi connectivity index (χ0) is 15.6. The Balaban J connectivity index is 2.34. The Morgan fingerprint density at radius 1 is 1.38 bits per heavy atom. The number of nitrogens with zero attached hydrogens (tertiary/aromatic N) is 1. The van der Waals surface area contributed by atoms with Gasteiger partial charge >= 0.3 is 0 Å². The average molecular weight is 395 g/mol. The van der Waals surface area contributed by atoms with Crippen LogP contribution in [0.3, 0.4) is 0 Å². The topological polar surface area (TPSA) is 82.9 Å². The molecule has 0 spiro atoms. The highest BCUT2D eigenvalue weighted by molar-refractivity contribution is 14.1. The van der Waals surface area contributed by atoms with Crippen molar-refractivity contribution in [3.63, 3.8) is 0 Å². The first-order valence-corrected chi connectivity index (χ1v) is 7.95. The van der Waals surface area contributed by atoms with E-state index in [4.69, 9.17) is 21.1 Å². The average Bonchev–Trinajstić information content (AvgIpc) is 2.33. The molecule has 0 aromatic heterocycles. The van der Waals surface area contributed by atoms with Crippen LogP contribution in [0, 0.1) is 36.5 Å². The van der Waals surface area contributed by atoms with Gasteiger partial charge in [0.25, 0.3) is 0 Å². The maximum absolute atomic E-state index is 9.11. The van der Waals surface area contributed by atoms with Crippen LogP contribution in [0.5, 0.6) is 5.75 Å². The summed E-state index contributed by atoms with van der Waals surface area (Å²) in [6.07, 6.45) is 3.31. The van der Waals surface area contributed by atoms with Crippen molar-refractivity contribution in [1.82, 2.24) is 0 Å². The molecule has 1 saturated carbocycles. The van der Waals surface area contributed by atoms with Crippen molar-refractivity contribution in [1.29, 1.82) is 10.7 Å². The number of rotatable bonds is 4. The van der Waals surface area contributed by atoms with Gasteiger partial charge in [0.2, 0.25) is 0 Å². The number of nitrogens with two attached hydrogens (primary N) is 1. The van der Waals surface area contributed by atoms with Crippen LogP contribution >= 0.6 is 22.6 Å². The summed E-state index contributed by atoms with van der Waals surface area (Å²) in [5.74, 6) is 1.40. The van der Waals surface area contributed by atoms with E-state index in [1.807, 2.05) is 48.6 Å². The highest BCUT2D eigenvalue weighted by Crippen LogP contribution is 2.33. The van der Waals surface area contributed by atoms with Crippen LogP contribution in [0.1, 0.15) is 36.0 Å². The fourth-order valence-corrected chi connectivity index (χ4v) is 2.83. The number of halogens is 1. The van der Waals surface area contributed by atoms with Gasteiger partial charge in [0.1, 0.15) is 9.47 Å².